The van der Waals surface area contributed by atoms with Gasteiger partial charge in [-0.05, 0) is 19.2 Å². The number of hydrogen-bond donors (Lipinski definition) is 0. The zero-order valence-corrected chi connectivity index (χ0v) is 9.33. The van der Waals surface area contributed by atoms with Crippen LogP contribution in [0.3, 0.4) is 0 Å². The van der Waals surface area contributed by atoms with Gasteiger partial charge < -0.3 is 4.57 Å². The molecule has 0 aliphatic carbocycles. The van der Waals surface area contributed by atoms with Crippen LogP contribution in [-0.4, -0.2) is 28.0 Å². The van der Waals surface area contributed by atoms with Crippen LogP contribution in [0.25, 0.3) is 11.0 Å². The molecule has 4 heteroatoms. The molecule has 1 aromatic heterocycles. The van der Waals surface area contributed by atoms with Gasteiger partial charge in [0, 0.05) is 13.1 Å². The van der Waals surface area contributed by atoms with Crippen LogP contribution in [0.15, 0.2) is 18.2 Å². The van der Waals surface area contributed by atoms with Crippen molar-refractivity contribution in [1.29, 1.82) is 0 Å². The van der Waals surface area contributed by atoms with Crippen molar-refractivity contribution < 1.29 is 0 Å². The van der Waals surface area contributed by atoms with E-state index in [2.05, 4.69) is 21.5 Å². The van der Waals surface area contributed by atoms with Crippen molar-refractivity contribution in [2.75, 3.05) is 13.6 Å². The van der Waals surface area contributed by atoms with Gasteiger partial charge in [-0.15, -0.1) is 0 Å². The molecule has 0 N–H and O–H groups in total. The minimum atomic E-state index is 0.802. The molecule has 1 aromatic carbocycles. The smallest absolute Gasteiger partial charge is 0.124 e. The molecular formula is C11H12ClN3. The lowest BCUT2D eigenvalue weighted by atomic mass is 10.3. The summed E-state index contributed by atoms with van der Waals surface area (Å²) in [5.74, 6) is 1.12. The lowest BCUT2D eigenvalue weighted by Gasteiger charge is -2.23. The van der Waals surface area contributed by atoms with Crippen LogP contribution >= 0.6 is 11.6 Å². The van der Waals surface area contributed by atoms with Crippen molar-refractivity contribution in [1.82, 2.24) is 14.5 Å². The van der Waals surface area contributed by atoms with E-state index in [1.54, 1.807) is 0 Å². The summed E-state index contributed by atoms with van der Waals surface area (Å²) in [6.45, 7) is 2.95. The number of likely N-dealkylation sites (N-methyl/N-ethyl adjacent to an activating group) is 1. The van der Waals surface area contributed by atoms with Gasteiger partial charge in [0.1, 0.15) is 5.82 Å². The molecule has 1 aliphatic heterocycles. The number of benzene rings is 1. The first-order valence-electron chi connectivity index (χ1n) is 5.08. The predicted molar refractivity (Wildman–Crippen MR) is 61.1 cm³/mol. The molecule has 2 heterocycles. The standard InChI is InChI=1S/C11H12ClN3/c1-14-5-6-15-10(7-14)13-9-4-2-3-8(12)11(9)15/h2-4H,5-7H2,1H3. The molecule has 0 spiro atoms. The highest BCUT2D eigenvalue weighted by atomic mass is 35.5. The second-order valence-electron chi connectivity index (χ2n) is 4.03. The molecular weight excluding hydrogens is 210 g/mol. The Kier molecular flexibility index (Phi) is 1.97. The van der Waals surface area contributed by atoms with E-state index in [9.17, 15) is 0 Å². The van der Waals surface area contributed by atoms with Crippen LogP contribution in [0.2, 0.25) is 5.02 Å². The maximum atomic E-state index is 6.20. The van der Waals surface area contributed by atoms with E-state index in [1.807, 2.05) is 18.2 Å². The molecule has 0 fully saturated rings. The van der Waals surface area contributed by atoms with Crippen LogP contribution in [-0.2, 0) is 13.1 Å². The van der Waals surface area contributed by atoms with Crippen LogP contribution in [0.1, 0.15) is 5.82 Å². The fourth-order valence-electron chi connectivity index (χ4n) is 2.14. The van der Waals surface area contributed by atoms with Crippen molar-refractivity contribution in [3.8, 4) is 0 Å². The largest absolute Gasteiger partial charge is 0.324 e. The molecule has 0 saturated carbocycles. The zero-order valence-electron chi connectivity index (χ0n) is 8.57. The van der Waals surface area contributed by atoms with Gasteiger partial charge in [0.15, 0.2) is 0 Å². The van der Waals surface area contributed by atoms with Crippen molar-refractivity contribution in [3.05, 3.63) is 29.0 Å². The van der Waals surface area contributed by atoms with Gasteiger partial charge in [-0.1, -0.05) is 17.7 Å². The molecule has 0 unspecified atom stereocenters. The van der Waals surface area contributed by atoms with Crippen LogP contribution in [0.5, 0.6) is 0 Å². The molecule has 2 aromatic rings. The number of rotatable bonds is 0. The topological polar surface area (TPSA) is 21.1 Å². The number of hydrogen-bond acceptors (Lipinski definition) is 2. The third-order valence-electron chi connectivity index (χ3n) is 2.91. The van der Waals surface area contributed by atoms with E-state index in [1.165, 1.54) is 0 Å². The van der Waals surface area contributed by atoms with E-state index >= 15 is 0 Å². The molecule has 15 heavy (non-hydrogen) atoms. The fraction of sp³-hybridized carbons (Fsp3) is 0.364. The lowest BCUT2D eigenvalue weighted by Crippen LogP contribution is -2.30. The van der Waals surface area contributed by atoms with Gasteiger partial charge in [-0.3, -0.25) is 4.90 Å². The number of imidazole rings is 1. The fourth-order valence-corrected chi connectivity index (χ4v) is 2.41. The Balaban J connectivity index is 2.29. The Bertz CT molecular complexity index is 518. The number of fused-ring (bicyclic) bond motifs is 3. The number of nitrogens with zero attached hydrogens (tertiary/aromatic N) is 3. The van der Waals surface area contributed by atoms with E-state index < -0.39 is 0 Å². The van der Waals surface area contributed by atoms with Gasteiger partial charge in [0.05, 0.1) is 22.6 Å². The Morgan fingerprint density at radius 3 is 3.07 bits per heavy atom. The van der Waals surface area contributed by atoms with E-state index in [0.29, 0.717) is 0 Å². The maximum absolute atomic E-state index is 6.20. The molecule has 0 radical (unpaired) electrons. The number of halogens is 1. The molecule has 0 atom stereocenters. The summed E-state index contributed by atoms with van der Waals surface area (Å²) in [4.78, 5) is 6.87. The highest BCUT2D eigenvalue weighted by Crippen LogP contribution is 2.26. The Hall–Kier alpha value is -1.06. The third kappa shape index (κ3) is 1.34. The van der Waals surface area contributed by atoms with E-state index in [0.717, 1.165) is 41.5 Å². The second kappa shape index (κ2) is 3.22. The van der Waals surface area contributed by atoms with E-state index in [-0.39, 0.29) is 0 Å². The minimum Gasteiger partial charge on any atom is -0.324 e. The summed E-state index contributed by atoms with van der Waals surface area (Å²) in [7, 11) is 2.12. The van der Waals surface area contributed by atoms with Crippen LogP contribution in [0, 0.1) is 0 Å². The zero-order chi connectivity index (χ0) is 10.4. The van der Waals surface area contributed by atoms with Crippen LogP contribution < -0.4 is 0 Å². The molecule has 1 aliphatic rings. The first-order valence-corrected chi connectivity index (χ1v) is 5.45. The highest BCUT2D eigenvalue weighted by Gasteiger charge is 2.18. The summed E-state index contributed by atoms with van der Waals surface area (Å²) in [5, 5.41) is 0.802. The van der Waals surface area contributed by atoms with Crippen LogP contribution in [0.4, 0.5) is 0 Å². The minimum absolute atomic E-state index is 0.802. The molecule has 3 nitrogen and oxygen atoms in total. The van der Waals surface area contributed by atoms with Gasteiger partial charge in [0.2, 0.25) is 0 Å². The van der Waals surface area contributed by atoms with Crippen molar-refractivity contribution in [3.63, 3.8) is 0 Å². The SMILES string of the molecule is CN1CCn2c(nc3cccc(Cl)c32)C1. The first-order chi connectivity index (χ1) is 7.25. The second-order valence-corrected chi connectivity index (χ2v) is 4.43. The quantitative estimate of drug-likeness (QED) is 0.680. The molecule has 0 saturated heterocycles. The summed E-state index contributed by atoms with van der Waals surface area (Å²) in [5.41, 5.74) is 2.09. The lowest BCUT2D eigenvalue weighted by molar-refractivity contribution is 0.267. The number of aromatic nitrogens is 2. The Morgan fingerprint density at radius 2 is 2.20 bits per heavy atom. The molecule has 78 valence electrons. The number of para-hydroxylation sites is 1. The normalized spacial score (nSPS) is 16.9. The molecule has 3 rings (SSSR count). The summed E-state index contributed by atoms with van der Waals surface area (Å²) >= 11 is 6.20. The monoisotopic (exact) mass is 221 g/mol. The van der Waals surface area contributed by atoms with Gasteiger partial charge in [-0.25, -0.2) is 4.98 Å². The van der Waals surface area contributed by atoms with Crippen molar-refractivity contribution >= 4 is 22.6 Å². The maximum Gasteiger partial charge on any atom is 0.124 e. The molecule has 0 amide bonds. The summed E-state index contributed by atoms with van der Waals surface area (Å²) in [6, 6.07) is 5.90. The van der Waals surface area contributed by atoms with E-state index in [4.69, 9.17) is 11.6 Å². The van der Waals surface area contributed by atoms with Gasteiger partial charge in [-0.2, -0.15) is 0 Å². The average Bonchev–Trinajstić information content (AvgIpc) is 2.56. The van der Waals surface area contributed by atoms with Gasteiger partial charge >= 0.3 is 0 Å². The Morgan fingerprint density at radius 1 is 1.33 bits per heavy atom. The summed E-state index contributed by atoms with van der Waals surface area (Å²) < 4.78 is 2.23. The third-order valence-corrected chi connectivity index (χ3v) is 3.22. The highest BCUT2D eigenvalue weighted by molar-refractivity contribution is 6.35. The average molecular weight is 222 g/mol. The summed E-state index contributed by atoms with van der Waals surface area (Å²) in [6.07, 6.45) is 0. The van der Waals surface area contributed by atoms with Crippen molar-refractivity contribution in [2.45, 2.75) is 13.1 Å². The molecule has 0 bridgehead atoms. The predicted octanol–water partition coefficient (Wildman–Crippen LogP) is 2.14. The first kappa shape index (κ1) is 9.19. The Labute approximate surface area is 93.3 Å². The van der Waals surface area contributed by atoms with Crippen molar-refractivity contribution in [2.24, 2.45) is 0 Å². The van der Waals surface area contributed by atoms with Gasteiger partial charge in [0.25, 0.3) is 0 Å².